The first-order valence-corrected chi connectivity index (χ1v) is 10.0. The molecule has 5 heteroatoms. The molecular weight excluding hydrogens is 378 g/mol. The van der Waals surface area contributed by atoms with Gasteiger partial charge in [-0.05, 0) is 41.6 Å². The fraction of sp³-hybridized carbons (Fsp3) is 0.136. The molecule has 0 bridgehead atoms. The molecule has 0 atom stereocenters. The number of carbonyl (C=O) groups excluding carboxylic acids is 1. The average Bonchev–Trinajstić information content (AvgIpc) is 2.69. The van der Waals surface area contributed by atoms with Crippen LogP contribution in [0, 0.1) is 0 Å². The molecule has 1 amide bonds. The summed E-state index contributed by atoms with van der Waals surface area (Å²) < 4.78 is 5.89. The zero-order chi connectivity index (χ0) is 19.1. The maximum atomic E-state index is 12.9. The number of nitrogens with one attached hydrogen (secondary N) is 1. The molecule has 1 N–H and O–H groups in total. The third-order valence-electron chi connectivity index (χ3n) is 3.86. The van der Waals surface area contributed by atoms with E-state index in [0.717, 1.165) is 21.9 Å². The third-order valence-corrected chi connectivity index (χ3v) is 5.05. The number of para-hydroxylation sites is 1. The minimum Gasteiger partial charge on any atom is -0.488 e. The van der Waals surface area contributed by atoms with Crippen molar-refractivity contribution in [2.45, 2.75) is 18.4 Å². The number of thioether (sulfide) groups is 1. The van der Waals surface area contributed by atoms with E-state index in [0.29, 0.717) is 22.9 Å². The summed E-state index contributed by atoms with van der Waals surface area (Å²) in [6.07, 6.45) is 0. The van der Waals surface area contributed by atoms with Crippen LogP contribution in [0.3, 0.4) is 0 Å². The first kappa shape index (κ1) is 19.3. The summed E-state index contributed by atoms with van der Waals surface area (Å²) in [4.78, 5) is 13.9. The topological polar surface area (TPSA) is 38.3 Å². The molecule has 0 saturated heterocycles. The molecule has 0 unspecified atom stereocenters. The van der Waals surface area contributed by atoms with E-state index in [-0.39, 0.29) is 5.91 Å². The molecular formula is C22H20ClNO2S. The Kier molecular flexibility index (Phi) is 6.80. The van der Waals surface area contributed by atoms with Crippen LogP contribution in [-0.4, -0.2) is 11.7 Å². The summed E-state index contributed by atoms with van der Waals surface area (Å²) in [5.41, 5.74) is 2.22. The van der Waals surface area contributed by atoms with Gasteiger partial charge in [-0.15, -0.1) is 11.8 Å². The lowest BCUT2D eigenvalue weighted by Crippen LogP contribution is -2.14. The fourth-order valence-corrected chi connectivity index (χ4v) is 3.51. The van der Waals surface area contributed by atoms with E-state index >= 15 is 0 Å². The molecule has 27 heavy (non-hydrogen) atoms. The van der Waals surface area contributed by atoms with Crippen LogP contribution < -0.4 is 10.1 Å². The molecule has 3 aromatic rings. The predicted octanol–water partition coefficient (Wildman–Crippen LogP) is 6.28. The largest absolute Gasteiger partial charge is 0.488 e. The van der Waals surface area contributed by atoms with Crippen molar-refractivity contribution >= 4 is 35.0 Å². The normalized spacial score (nSPS) is 10.4. The Morgan fingerprint density at radius 1 is 1.04 bits per heavy atom. The summed E-state index contributed by atoms with van der Waals surface area (Å²) in [7, 11) is 0. The maximum absolute atomic E-state index is 12.9. The van der Waals surface area contributed by atoms with Crippen LogP contribution in [0.25, 0.3) is 0 Å². The second-order valence-corrected chi connectivity index (χ2v) is 7.54. The lowest BCUT2D eigenvalue weighted by Gasteiger charge is -2.14. The quantitative estimate of drug-likeness (QED) is 0.476. The number of rotatable bonds is 7. The maximum Gasteiger partial charge on any atom is 0.259 e. The number of ether oxygens (including phenoxy) is 1. The highest BCUT2D eigenvalue weighted by Gasteiger charge is 2.15. The van der Waals surface area contributed by atoms with E-state index < -0.39 is 0 Å². The molecule has 0 heterocycles. The zero-order valence-corrected chi connectivity index (χ0v) is 16.5. The molecule has 3 rings (SSSR count). The Balaban J connectivity index is 1.81. The van der Waals surface area contributed by atoms with Crippen LogP contribution >= 0.6 is 23.4 Å². The van der Waals surface area contributed by atoms with E-state index in [4.69, 9.17) is 16.3 Å². The van der Waals surface area contributed by atoms with Crippen molar-refractivity contribution in [3.05, 3.63) is 88.9 Å². The summed E-state index contributed by atoms with van der Waals surface area (Å²) >= 11 is 7.80. The Morgan fingerprint density at radius 3 is 2.56 bits per heavy atom. The van der Waals surface area contributed by atoms with Crippen LogP contribution in [0.15, 0.2) is 77.7 Å². The summed E-state index contributed by atoms with van der Waals surface area (Å²) in [6, 6.07) is 22.7. The van der Waals surface area contributed by atoms with Crippen molar-refractivity contribution in [1.82, 2.24) is 0 Å². The molecule has 0 radical (unpaired) electrons. The third kappa shape index (κ3) is 5.28. The summed E-state index contributed by atoms with van der Waals surface area (Å²) in [5, 5.41) is 3.47. The molecule has 3 aromatic carbocycles. The predicted molar refractivity (Wildman–Crippen MR) is 113 cm³/mol. The van der Waals surface area contributed by atoms with Gasteiger partial charge in [0.2, 0.25) is 0 Å². The average molecular weight is 398 g/mol. The van der Waals surface area contributed by atoms with Gasteiger partial charge in [0.05, 0.1) is 11.3 Å². The van der Waals surface area contributed by atoms with Gasteiger partial charge in [-0.3, -0.25) is 4.79 Å². The standard InChI is InChI=1S/C22H20ClNO2S/c1-2-27-21-11-7-6-10-19(21)24-22(25)18-14-17(23)12-13-20(18)26-15-16-8-4-3-5-9-16/h3-14H,2,15H2,1H3,(H,24,25). The second kappa shape index (κ2) is 9.49. The Hall–Kier alpha value is -2.43. The fourth-order valence-electron chi connectivity index (χ4n) is 2.58. The Bertz CT molecular complexity index is 915. The van der Waals surface area contributed by atoms with Crippen molar-refractivity contribution in [1.29, 1.82) is 0 Å². The SMILES string of the molecule is CCSc1ccccc1NC(=O)c1cc(Cl)ccc1OCc1ccccc1. The number of benzene rings is 3. The van der Waals surface area contributed by atoms with Crippen molar-refractivity contribution in [3.8, 4) is 5.75 Å². The highest BCUT2D eigenvalue weighted by Crippen LogP contribution is 2.29. The number of hydrogen-bond acceptors (Lipinski definition) is 3. The molecule has 0 aliphatic rings. The summed E-state index contributed by atoms with van der Waals surface area (Å²) in [6.45, 7) is 2.46. The lowest BCUT2D eigenvalue weighted by molar-refractivity contribution is 0.102. The minimum absolute atomic E-state index is 0.246. The number of anilines is 1. The molecule has 0 saturated carbocycles. The molecule has 0 fully saturated rings. The first-order valence-electron chi connectivity index (χ1n) is 8.67. The molecule has 138 valence electrons. The van der Waals surface area contributed by atoms with E-state index in [9.17, 15) is 4.79 Å². The first-order chi connectivity index (χ1) is 13.2. The van der Waals surface area contributed by atoms with E-state index in [1.807, 2.05) is 54.6 Å². The van der Waals surface area contributed by atoms with Gasteiger partial charge in [0.25, 0.3) is 5.91 Å². The molecule has 0 spiro atoms. The van der Waals surface area contributed by atoms with Gasteiger partial charge in [-0.2, -0.15) is 0 Å². The second-order valence-electron chi connectivity index (χ2n) is 5.80. The van der Waals surface area contributed by atoms with Crippen LogP contribution in [0.2, 0.25) is 5.02 Å². The number of carbonyl (C=O) groups is 1. The van der Waals surface area contributed by atoms with E-state index in [2.05, 4.69) is 12.2 Å². The lowest BCUT2D eigenvalue weighted by atomic mass is 10.1. The monoisotopic (exact) mass is 397 g/mol. The van der Waals surface area contributed by atoms with Crippen molar-refractivity contribution in [3.63, 3.8) is 0 Å². The molecule has 3 nitrogen and oxygen atoms in total. The highest BCUT2D eigenvalue weighted by atomic mass is 35.5. The van der Waals surface area contributed by atoms with Gasteiger partial charge in [0, 0.05) is 9.92 Å². The Labute approximate surface area is 168 Å². The zero-order valence-electron chi connectivity index (χ0n) is 14.9. The van der Waals surface area contributed by atoms with Crippen LogP contribution in [0.1, 0.15) is 22.8 Å². The van der Waals surface area contributed by atoms with Gasteiger partial charge in [0.1, 0.15) is 12.4 Å². The van der Waals surface area contributed by atoms with Crippen molar-refractivity contribution in [2.75, 3.05) is 11.1 Å². The van der Waals surface area contributed by atoms with Crippen molar-refractivity contribution in [2.24, 2.45) is 0 Å². The highest BCUT2D eigenvalue weighted by molar-refractivity contribution is 7.99. The van der Waals surface area contributed by atoms with Crippen molar-refractivity contribution < 1.29 is 9.53 Å². The van der Waals surface area contributed by atoms with Crippen LogP contribution in [0.5, 0.6) is 5.75 Å². The van der Waals surface area contributed by atoms with Crippen LogP contribution in [-0.2, 0) is 6.61 Å². The number of hydrogen-bond donors (Lipinski definition) is 1. The minimum atomic E-state index is -0.246. The summed E-state index contributed by atoms with van der Waals surface area (Å²) in [5.74, 6) is 1.18. The van der Waals surface area contributed by atoms with Gasteiger partial charge in [-0.25, -0.2) is 0 Å². The van der Waals surface area contributed by atoms with E-state index in [1.54, 1.807) is 30.0 Å². The smallest absolute Gasteiger partial charge is 0.259 e. The molecule has 0 aromatic heterocycles. The van der Waals surface area contributed by atoms with Crippen LogP contribution in [0.4, 0.5) is 5.69 Å². The van der Waals surface area contributed by atoms with Gasteiger partial charge < -0.3 is 10.1 Å². The molecule has 0 aliphatic carbocycles. The number of halogens is 1. The van der Waals surface area contributed by atoms with E-state index in [1.165, 1.54) is 0 Å². The Morgan fingerprint density at radius 2 is 1.78 bits per heavy atom. The molecule has 0 aliphatic heterocycles. The van der Waals surface area contributed by atoms with Gasteiger partial charge in [0.15, 0.2) is 0 Å². The van der Waals surface area contributed by atoms with Gasteiger partial charge >= 0.3 is 0 Å². The van der Waals surface area contributed by atoms with Gasteiger partial charge in [-0.1, -0.05) is 61.0 Å². The number of amides is 1.